The van der Waals surface area contributed by atoms with Crippen molar-refractivity contribution in [3.8, 4) is 0 Å². The molecule has 120 valence electrons. The van der Waals surface area contributed by atoms with Crippen LogP contribution in [0.1, 0.15) is 25.8 Å². The van der Waals surface area contributed by atoms with Gasteiger partial charge in [-0.2, -0.15) is 4.39 Å². The van der Waals surface area contributed by atoms with Crippen molar-refractivity contribution < 1.29 is 18.9 Å². The Bertz CT molecular complexity index is 589. The van der Waals surface area contributed by atoms with Crippen LogP contribution in [0.4, 0.5) is 10.1 Å². The number of nitrogens with one attached hydrogen (secondary N) is 1. The largest absolute Gasteiger partial charge is 0.368 e. The molecule has 0 saturated carbocycles. The van der Waals surface area contributed by atoms with Crippen LogP contribution < -0.4 is 11.1 Å². The molecule has 8 heteroatoms. The molecule has 1 atom stereocenters. The predicted octanol–water partition coefficient (Wildman–Crippen LogP) is 1.29. The van der Waals surface area contributed by atoms with Crippen LogP contribution in [-0.4, -0.2) is 22.8 Å². The smallest absolute Gasteiger partial charge is 0.305 e. The van der Waals surface area contributed by atoms with Crippen LogP contribution in [0.5, 0.6) is 0 Å². The molecule has 0 bridgehead atoms. The van der Waals surface area contributed by atoms with Crippen LogP contribution >= 0.6 is 0 Å². The van der Waals surface area contributed by atoms with Gasteiger partial charge in [-0.25, -0.2) is 0 Å². The number of carbonyl (C=O) groups is 2. The van der Waals surface area contributed by atoms with Crippen molar-refractivity contribution in [2.24, 2.45) is 11.7 Å². The summed E-state index contributed by atoms with van der Waals surface area (Å²) in [6.07, 6.45) is 0.188. The van der Waals surface area contributed by atoms with Crippen LogP contribution in [0.15, 0.2) is 18.2 Å². The highest BCUT2D eigenvalue weighted by Crippen LogP contribution is 2.19. The average molecular weight is 311 g/mol. The van der Waals surface area contributed by atoms with Crippen molar-refractivity contribution in [1.82, 2.24) is 5.32 Å². The lowest BCUT2D eigenvalue weighted by Gasteiger charge is -2.16. The minimum absolute atomic E-state index is 0.0414. The monoisotopic (exact) mass is 311 g/mol. The molecule has 0 aliphatic carbocycles. The lowest BCUT2D eigenvalue weighted by atomic mass is 10.0. The number of nitro groups is 1. The molecule has 0 aliphatic heterocycles. The molecule has 3 N–H and O–H groups in total. The molecule has 0 radical (unpaired) electrons. The van der Waals surface area contributed by atoms with Crippen LogP contribution in [0, 0.1) is 21.8 Å². The topological polar surface area (TPSA) is 115 Å². The predicted molar refractivity (Wildman–Crippen MR) is 77.3 cm³/mol. The number of primary amides is 1. The number of hydrogen-bond acceptors (Lipinski definition) is 4. The molecule has 0 heterocycles. The lowest BCUT2D eigenvalue weighted by molar-refractivity contribution is -0.387. The van der Waals surface area contributed by atoms with Gasteiger partial charge < -0.3 is 11.1 Å². The molecule has 22 heavy (non-hydrogen) atoms. The molecule has 0 unspecified atom stereocenters. The molecule has 0 aliphatic rings. The first kappa shape index (κ1) is 17.5. The SMILES string of the molecule is CC(C)CC(=O)N[C@H](Cc1ccc(F)c([N+](=O)[O-])c1)C(N)=O. The Labute approximate surface area is 126 Å². The molecule has 1 aromatic rings. The number of rotatable bonds is 7. The van der Waals surface area contributed by atoms with E-state index in [0.717, 1.165) is 12.1 Å². The third-order valence-corrected chi connectivity index (χ3v) is 2.92. The van der Waals surface area contributed by atoms with E-state index in [4.69, 9.17) is 5.73 Å². The molecule has 2 amide bonds. The number of benzene rings is 1. The van der Waals surface area contributed by atoms with E-state index in [1.54, 1.807) is 0 Å². The minimum Gasteiger partial charge on any atom is -0.368 e. The first-order valence-electron chi connectivity index (χ1n) is 6.72. The molecule has 0 aromatic heterocycles. The van der Waals surface area contributed by atoms with Gasteiger partial charge in [-0.1, -0.05) is 19.9 Å². The Morgan fingerprint density at radius 2 is 2.05 bits per heavy atom. The van der Waals surface area contributed by atoms with E-state index >= 15 is 0 Å². The van der Waals surface area contributed by atoms with Crippen molar-refractivity contribution in [2.75, 3.05) is 0 Å². The first-order valence-corrected chi connectivity index (χ1v) is 6.72. The van der Waals surface area contributed by atoms with Gasteiger partial charge in [0.05, 0.1) is 4.92 Å². The van der Waals surface area contributed by atoms with E-state index in [0.29, 0.717) is 5.56 Å². The second-order valence-corrected chi connectivity index (χ2v) is 5.37. The Hall–Kier alpha value is -2.51. The van der Waals surface area contributed by atoms with Crippen molar-refractivity contribution in [2.45, 2.75) is 32.7 Å². The maximum Gasteiger partial charge on any atom is 0.305 e. The molecular weight excluding hydrogens is 293 g/mol. The zero-order valence-corrected chi connectivity index (χ0v) is 12.3. The molecule has 1 rings (SSSR count). The van der Waals surface area contributed by atoms with Crippen molar-refractivity contribution in [1.29, 1.82) is 0 Å². The number of nitrogens with zero attached hydrogens (tertiary/aromatic N) is 1. The van der Waals surface area contributed by atoms with Gasteiger partial charge in [0.1, 0.15) is 6.04 Å². The Balaban J connectivity index is 2.88. The highest BCUT2D eigenvalue weighted by molar-refractivity contribution is 5.86. The zero-order valence-electron chi connectivity index (χ0n) is 12.3. The van der Waals surface area contributed by atoms with Gasteiger partial charge in [0, 0.05) is 18.9 Å². The van der Waals surface area contributed by atoms with Gasteiger partial charge in [0.2, 0.25) is 17.6 Å². The van der Waals surface area contributed by atoms with Gasteiger partial charge in [-0.3, -0.25) is 19.7 Å². The summed E-state index contributed by atoms with van der Waals surface area (Å²) in [5, 5.41) is 13.2. The van der Waals surface area contributed by atoms with Gasteiger partial charge >= 0.3 is 5.69 Å². The van der Waals surface area contributed by atoms with Crippen LogP contribution in [-0.2, 0) is 16.0 Å². The Kier molecular flexibility index (Phi) is 5.97. The number of amides is 2. The quantitative estimate of drug-likeness (QED) is 0.583. The summed E-state index contributed by atoms with van der Waals surface area (Å²) >= 11 is 0. The van der Waals surface area contributed by atoms with Gasteiger partial charge in [0.15, 0.2) is 0 Å². The van der Waals surface area contributed by atoms with Gasteiger partial charge in [-0.05, 0) is 17.5 Å². The maximum atomic E-state index is 13.3. The van der Waals surface area contributed by atoms with E-state index < -0.39 is 28.4 Å². The molecule has 0 spiro atoms. The molecule has 1 aromatic carbocycles. The second kappa shape index (κ2) is 7.48. The van der Waals surface area contributed by atoms with E-state index in [-0.39, 0.29) is 24.7 Å². The van der Waals surface area contributed by atoms with Crippen molar-refractivity contribution in [3.63, 3.8) is 0 Å². The molecule has 0 saturated heterocycles. The van der Waals surface area contributed by atoms with Crippen molar-refractivity contribution >= 4 is 17.5 Å². The first-order chi connectivity index (χ1) is 10.2. The van der Waals surface area contributed by atoms with Crippen LogP contribution in [0.3, 0.4) is 0 Å². The number of hydrogen-bond donors (Lipinski definition) is 2. The summed E-state index contributed by atoms with van der Waals surface area (Å²) in [6.45, 7) is 3.70. The Morgan fingerprint density at radius 1 is 1.41 bits per heavy atom. The van der Waals surface area contributed by atoms with Gasteiger partial charge in [-0.15, -0.1) is 0 Å². The van der Waals surface area contributed by atoms with E-state index in [1.165, 1.54) is 6.07 Å². The number of nitro benzene ring substituents is 1. The Morgan fingerprint density at radius 3 is 2.55 bits per heavy atom. The fourth-order valence-electron chi connectivity index (χ4n) is 1.91. The lowest BCUT2D eigenvalue weighted by Crippen LogP contribution is -2.46. The third kappa shape index (κ3) is 5.12. The standard InChI is InChI=1S/C14H18FN3O4/c1-8(2)5-13(19)17-11(14(16)20)6-9-3-4-10(15)12(7-9)18(21)22/h3-4,7-8,11H,5-6H2,1-2H3,(H2,16,20)(H,17,19)/t11-/m1/s1. The molecular formula is C14H18FN3O4. The van der Waals surface area contributed by atoms with Crippen LogP contribution in [0.2, 0.25) is 0 Å². The highest BCUT2D eigenvalue weighted by Gasteiger charge is 2.21. The average Bonchev–Trinajstić information content (AvgIpc) is 2.38. The highest BCUT2D eigenvalue weighted by atomic mass is 19.1. The van der Waals surface area contributed by atoms with E-state index in [9.17, 15) is 24.1 Å². The number of nitrogens with two attached hydrogens (primary N) is 1. The third-order valence-electron chi connectivity index (χ3n) is 2.92. The van der Waals surface area contributed by atoms with Crippen LogP contribution in [0.25, 0.3) is 0 Å². The summed E-state index contributed by atoms with van der Waals surface area (Å²) in [7, 11) is 0. The van der Waals surface area contributed by atoms with Crippen molar-refractivity contribution in [3.05, 3.63) is 39.7 Å². The van der Waals surface area contributed by atoms with E-state index in [2.05, 4.69) is 5.32 Å². The fraction of sp³-hybridized carbons (Fsp3) is 0.429. The maximum absolute atomic E-state index is 13.3. The van der Waals surface area contributed by atoms with Gasteiger partial charge in [0.25, 0.3) is 0 Å². The summed E-state index contributed by atoms with van der Waals surface area (Å²) in [4.78, 5) is 33.0. The normalized spacial score (nSPS) is 12.0. The second-order valence-electron chi connectivity index (χ2n) is 5.37. The fourth-order valence-corrected chi connectivity index (χ4v) is 1.91. The zero-order chi connectivity index (χ0) is 16.9. The summed E-state index contributed by atoms with van der Waals surface area (Å²) in [5.41, 5.74) is 4.88. The van der Waals surface area contributed by atoms with E-state index in [1.807, 2.05) is 13.8 Å². The molecule has 7 nitrogen and oxygen atoms in total. The molecule has 0 fully saturated rings. The minimum atomic E-state index is -1.00. The summed E-state index contributed by atoms with van der Waals surface area (Å²) < 4.78 is 13.3. The number of halogens is 1. The summed E-state index contributed by atoms with van der Waals surface area (Å²) in [6, 6.07) is 2.28. The summed E-state index contributed by atoms with van der Waals surface area (Å²) in [5.74, 6) is -1.95. The number of carbonyl (C=O) groups excluding carboxylic acids is 2.